The van der Waals surface area contributed by atoms with E-state index in [1.54, 1.807) is 0 Å². The van der Waals surface area contributed by atoms with Gasteiger partial charge in [0.25, 0.3) is 0 Å². The van der Waals surface area contributed by atoms with Crippen LogP contribution in [-0.2, 0) is 6.54 Å². The highest BCUT2D eigenvalue weighted by molar-refractivity contribution is 8.00. The van der Waals surface area contributed by atoms with Gasteiger partial charge in [-0.3, -0.25) is 0 Å². The first kappa shape index (κ1) is 9.38. The van der Waals surface area contributed by atoms with Gasteiger partial charge in [-0.2, -0.15) is 11.8 Å². The van der Waals surface area contributed by atoms with Crippen LogP contribution in [0.4, 0.5) is 0 Å². The monoisotopic (exact) mass is 213 g/mol. The number of rotatable bonds is 3. The van der Waals surface area contributed by atoms with E-state index in [-0.39, 0.29) is 0 Å². The molecule has 1 aromatic carbocycles. The number of thioether (sulfide) groups is 1. The number of nitrogens with one attached hydrogen (secondary N) is 1. The Labute approximate surface area is 87.9 Å². The minimum Gasteiger partial charge on any atom is -0.308 e. The average Bonchev–Trinajstić information content (AvgIpc) is 2.01. The van der Waals surface area contributed by atoms with E-state index in [1.165, 1.54) is 17.1 Å². The molecule has 0 unspecified atom stereocenters. The van der Waals surface area contributed by atoms with Crippen LogP contribution < -0.4 is 5.32 Å². The molecule has 1 aliphatic heterocycles. The summed E-state index contributed by atoms with van der Waals surface area (Å²) in [6, 6.07) is 8.73. The number of benzene rings is 1. The first-order valence-electron chi connectivity index (χ1n) is 4.40. The van der Waals surface area contributed by atoms with E-state index >= 15 is 0 Å². The molecule has 0 aliphatic carbocycles. The molecule has 1 nitrogen and oxygen atoms in total. The lowest BCUT2D eigenvalue weighted by atomic mass is 10.2. The molecule has 70 valence electrons. The van der Waals surface area contributed by atoms with Crippen molar-refractivity contribution < 1.29 is 0 Å². The fourth-order valence-electron chi connectivity index (χ4n) is 1.26. The van der Waals surface area contributed by atoms with Crippen molar-refractivity contribution in [2.75, 3.05) is 11.5 Å². The molecule has 13 heavy (non-hydrogen) atoms. The van der Waals surface area contributed by atoms with Crippen LogP contribution in [0.1, 0.15) is 5.56 Å². The van der Waals surface area contributed by atoms with E-state index in [0.29, 0.717) is 6.04 Å². The molecule has 0 radical (unpaired) electrons. The lowest BCUT2D eigenvalue weighted by Crippen LogP contribution is -2.39. The van der Waals surface area contributed by atoms with Gasteiger partial charge in [-0.1, -0.05) is 23.7 Å². The molecule has 1 aliphatic rings. The third kappa shape index (κ3) is 2.63. The normalized spacial score (nSPS) is 17.0. The van der Waals surface area contributed by atoms with Crippen LogP contribution in [0.15, 0.2) is 24.3 Å². The van der Waals surface area contributed by atoms with Crippen LogP contribution in [0.2, 0.25) is 5.02 Å². The molecular weight excluding hydrogens is 202 g/mol. The summed E-state index contributed by atoms with van der Waals surface area (Å²) in [5, 5.41) is 4.30. The Hall–Kier alpha value is -0.180. The molecule has 2 rings (SSSR count). The Kier molecular flexibility index (Phi) is 3.14. The van der Waals surface area contributed by atoms with Gasteiger partial charge in [0.05, 0.1) is 0 Å². The lowest BCUT2D eigenvalue weighted by Gasteiger charge is -2.26. The zero-order chi connectivity index (χ0) is 9.10. The van der Waals surface area contributed by atoms with Gasteiger partial charge in [0.15, 0.2) is 0 Å². The van der Waals surface area contributed by atoms with Gasteiger partial charge in [-0.05, 0) is 17.7 Å². The summed E-state index contributed by atoms with van der Waals surface area (Å²) in [6.07, 6.45) is 0. The maximum Gasteiger partial charge on any atom is 0.0409 e. The van der Waals surface area contributed by atoms with E-state index in [0.717, 1.165) is 11.6 Å². The summed E-state index contributed by atoms with van der Waals surface area (Å²) in [6.45, 7) is 0.936. The molecule has 1 N–H and O–H groups in total. The molecule has 0 spiro atoms. The second kappa shape index (κ2) is 4.36. The Morgan fingerprint density at radius 2 is 2.31 bits per heavy atom. The second-order valence-electron chi connectivity index (χ2n) is 3.25. The van der Waals surface area contributed by atoms with Crippen LogP contribution >= 0.6 is 23.4 Å². The number of hydrogen-bond acceptors (Lipinski definition) is 2. The molecule has 1 fully saturated rings. The van der Waals surface area contributed by atoms with Crippen LogP contribution in [0.25, 0.3) is 0 Å². The van der Waals surface area contributed by atoms with Gasteiger partial charge in [0.1, 0.15) is 0 Å². The summed E-state index contributed by atoms with van der Waals surface area (Å²) in [4.78, 5) is 0. The average molecular weight is 214 g/mol. The van der Waals surface area contributed by atoms with Gasteiger partial charge in [-0.25, -0.2) is 0 Å². The van der Waals surface area contributed by atoms with E-state index in [9.17, 15) is 0 Å². The fraction of sp³-hybridized carbons (Fsp3) is 0.400. The third-order valence-electron chi connectivity index (χ3n) is 2.12. The summed E-state index contributed by atoms with van der Waals surface area (Å²) in [5.41, 5.74) is 1.27. The molecule has 1 heterocycles. The summed E-state index contributed by atoms with van der Waals surface area (Å²) in [7, 11) is 0. The van der Waals surface area contributed by atoms with Gasteiger partial charge in [-0.15, -0.1) is 0 Å². The van der Waals surface area contributed by atoms with Crippen molar-refractivity contribution in [3.8, 4) is 0 Å². The molecule has 1 saturated heterocycles. The number of hydrogen-bond donors (Lipinski definition) is 1. The lowest BCUT2D eigenvalue weighted by molar-refractivity contribution is 0.583. The topological polar surface area (TPSA) is 12.0 Å². The molecule has 0 bridgehead atoms. The van der Waals surface area contributed by atoms with Crippen molar-refractivity contribution in [1.82, 2.24) is 5.32 Å². The van der Waals surface area contributed by atoms with Crippen LogP contribution in [0.3, 0.4) is 0 Å². The second-order valence-corrected chi connectivity index (χ2v) is 4.76. The van der Waals surface area contributed by atoms with Crippen molar-refractivity contribution in [2.45, 2.75) is 12.6 Å². The Bertz CT molecular complexity index is 286. The number of halogens is 1. The first-order valence-corrected chi connectivity index (χ1v) is 5.93. The van der Waals surface area contributed by atoms with Crippen LogP contribution in [0.5, 0.6) is 0 Å². The SMILES string of the molecule is Clc1cccc(CNC2CSC2)c1. The maximum atomic E-state index is 5.88. The zero-order valence-electron chi connectivity index (χ0n) is 7.29. The van der Waals surface area contributed by atoms with Gasteiger partial charge in [0, 0.05) is 29.1 Å². The Morgan fingerprint density at radius 1 is 1.46 bits per heavy atom. The van der Waals surface area contributed by atoms with Crippen LogP contribution in [0, 0.1) is 0 Å². The highest BCUT2D eigenvalue weighted by Gasteiger charge is 2.16. The molecule has 0 aromatic heterocycles. The summed E-state index contributed by atoms with van der Waals surface area (Å²) in [5.74, 6) is 2.50. The van der Waals surface area contributed by atoms with Gasteiger partial charge >= 0.3 is 0 Å². The van der Waals surface area contributed by atoms with Crippen molar-refractivity contribution >= 4 is 23.4 Å². The van der Waals surface area contributed by atoms with E-state index in [1.807, 2.05) is 30.0 Å². The van der Waals surface area contributed by atoms with Crippen molar-refractivity contribution in [3.63, 3.8) is 0 Å². The quantitative estimate of drug-likeness (QED) is 0.829. The van der Waals surface area contributed by atoms with Crippen molar-refractivity contribution in [2.24, 2.45) is 0 Å². The highest BCUT2D eigenvalue weighted by Crippen LogP contribution is 2.18. The van der Waals surface area contributed by atoms with Gasteiger partial charge in [0.2, 0.25) is 0 Å². The predicted octanol–water partition coefficient (Wildman–Crippen LogP) is 2.54. The minimum atomic E-state index is 0.712. The molecule has 1 aromatic rings. The Morgan fingerprint density at radius 3 is 2.92 bits per heavy atom. The molecule has 0 saturated carbocycles. The predicted molar refractivity (Wildman–Crippen MR) is 59.4 cm³/mol. The maximum absolute atomic E-state index is 5.88. The van der Waals surface area contributed by atoms with Gasteiger partial charge < -0.3 is 5.32 Å². The highest BCUT2D eigenvalue weighted by atomic mass is 35.5. The largest absolute Gasteiger partial charge is 0.308 e. The van der Waals surface area contributed by atoms with Crippen molar-refractivity contribution in [1.29, 1.82) is 0 Å². The fourth-order valence-corrected chi connectivity index (χ4v) is 2.18. The van der Waals surface area contributed by atoms with E-state index in [2.05, 4.69) is 11.4 Å². The summed E-state index contributed by atoms with van der Waals surface area (Å²) >= 11 is 7.87. The first-order chi connectivity index (χ1) is 6.34. The van der Waals surface area contributed by atoms with E-state index in [4.69, 9.17) is 11.6 Å². The van der Waals surface area contributed by atoms with Crippen molar-refractivity contribution in [3.05, 3.63) is 34.9 Å². The molecule has 3 heteroatoms. The molecule has 0 atom stereocenters. The Balaban J connectivity index is 1.86. The smallest absolute Gasteiger partial charge is 0.0409 e. The standard InChI is InChI=1S/C10H12ClNS/c11-9-3-1-2-8(4-9)5-12-10-6-13-7-10/h1-4,10,12H,5-7H2. The molecular formula is C10H12ClNS. The summed E-state index contributed by atoms with van der Waals surface area (Å²) < 4.78 is 0. The minimum absolute atomic E-state index is 0.712. The van der Waals surface area contributed by atoms with Crippen LogP contribution in [-0.4, -0.2) is 17.5 Å². The molecule has 0 amide bonds. The van der Waals surface area contributed by atoms with E-state index < -0.39 is 0 Å². The third-order valence-corrected chi connectivity index (χ3v) is 3.63. The zero-order valence-corrected chi connectivity index (χ0v) is 8.87.